The number of nitrogens with two attached hydrogens (primary N) is 1. The lowest BCUT2D eigenvalue weighted by molar-refractivity contribution is -0.0425. The number of rotatable bonds is 6. The smallest absolute Gasteiger partial charge is 0.280 e. The van der Waals surface area contributed by atoms with E-state index in [0.717, 1.165) is 11.3 Å². The number of methoxy groups -OCH3 is 1. The van der Waals surface area contributed by atoms with E-state index in [1.54, 1.807) is 14.0 Å². The Morgan fingerprint density at radius 2 is 2.00 bits per heavy atom. The van der Waals surface area contributed by atoms with Gasteiger partial charge in [0.05, 0.1) is 31.7 Å². The first kappa shape index (κ1) is 17.8. The van der Waals surface area contributed by atoms with Gasteiger partial charge in [0, 0.05) is 0 Å². The van der Waals surface area contributed by atoms with Crippen molar-refractivity contribution in [3.63, 3.8) is 0 Å². The molecule has 2 atom stereocenters. The van der Waals surface area contributed by atoms with E-state index < -0.39 is 17.8 Å². The summed E-state index contributed by atoms with van der Waals surface area (Å²) in [5.74, 6) is 0.691. The van der Waals surface area contributed by atoms with E-state index in [9.17, 15) is 9.90 Å². The minimum Gasteiger partial charge on any atom is -0.497 e. The van der Waals surface area contributed by atoms with Crippen molar-refractivity contribution < 1.29 is 14.6 Å². The number of hydrogen-bond acceptors (Lipinski definition) is 8. The van der Waals surface area contributed by atoms with E-state index in [1.807, 2.05) is 24.3 Å². The Kier molecular flexibility index (Phi) is 5.10. The number of nitrogens with one attached hydrogen (secondary N) is 1. The molecule has 0 amide bonds. The molecule has 0 aliphatic carbocycles. The number of anilines is 1. The van der Waals surface area contributed by atoms with Gasteiger partial charge in [0.15, 0.2) is 11.2 Å². The third-order valence-corrected chi connectivity index (χ3v) is 3.77. The highest BCUT2D eigenvalue weighted by Gasteiger charge is 2.21. The van der Waals surface area contributed by atoms with Gasteiger partial charge in [0.2, 0.25) is 5.95 Å². The van der Waals surface area contributed by atoms with Crippen LogP contribution in [0.4, 0.5) is 5.95 Å². The fraction of sp³-hybridized carbons (Fsp3) is 0.294. The summed E-state index contributed by atoms with van der Waals surface area (Å²) in [6, 6.07) is 7.38. The highest BCUT2D eigenvalue weighted by Crippen LogP contribution is 2.22. The van der Waals surface area contributed by atoms with Crippen LogP contribution < -0.4 is 16.0 Å². The maximum Gasteiger partial charge on any atom is 0.280 e. The van der Waals surface area contributed by atoms with Crippen LogP contribution in [0.2, 0.25) is 0 Å². The van der Waals surface area contributed by atoms with Crippen molar-refractivity contribution in [2.24, 2.45) is 0 Å². The molecular weight excluding hydrogens is 338 g/mol. The van der Waals surface area contributed by atoms with Crippen molar-refractivity contribution in [3.8, 4) is 5.75 Å². The minimum atomic E-state index is -0.848. The number of nitrogen functional groups attached to an aromatic ring is 1. The molecule has 136 valence electrons. The van der Waals surface area contributed by atoms with Gasteiger partial charge >= 0.3 is 0 Å². The average Bonchev–Trinajstić information content (AvgIpc) is 2.61. The number of hydrogen-bond donors (Lipinski definition) is 3. The SMILES string of the molecule is COc1ccc(CO[C@H](c2cnc3c(=O)[nH]c(N)nc3n2)[C@H](C)O)cc1. The van der Waals surface area contributed by atoms with E-state index in [2.05, 4.69) is 19.9 Å². The van der Waals surface area contributed by atoms with Gasteiger partial charge in [0.1, 0.15) is 11.9 Å². The number of fused-ring (bicyclic) bond motifs is 1. The van der Waals surface area contributed by atoms with Crippen molar-refractivity contribution >= 4 is 17.1 Å². The van der Waals surface area contributed by atoms with Crippen molar-refractivity contribution in [2.45, 2.75) is 25.7 Å². The first-order chi connectivity index (χ1) is 12.5. The molecule has 0 fully saturated rings. The predicted molar refractivity (Wildman–Crippen MR) is 94.6 cm³/mol. The summed E-state index contributed by atoms with van der Waals surface area (Å²) >= 11 is 0. The Labute approximate surface area is 148 Å². The lowest BCUT2D eigenvalue weighted by Gasteiger charge is -2.20. The van der Waals surface area contributed by atoms with Crippen LogP contribution in [0.15, 0.2) is 35.3 Å². The van der Waals surface area contributed by atoms with Gasteiger partial charge < -0.3 is 20.3 Å². The molecule has 3 rings (SSSR count). The summed E-state index contributed by atoms with van der Waals surface area (Å²) in [5, 5.41) is 10.1. The normalized spacial score (nSPS) is 13.5. The molecule has 9 heteroatoms. The molecule has 26 heavy (non-hydrogen) atoms. The van der Waals surface area contributed by atoms with Crippen LogP contribution in [0.3, 0.4) is 0 Å². The summed E-state index contributed by atoms with van der Waals surface area (Å²) in [5.41, 5.74) is 6.51. The second-order valence-electron chi connectivity index (χ2n) is 5.74. The van der Waals surface area contributed by atoms with Crippen LogP contribution in [0.25, 0.3) is 11.2 Å². The van der Waals surface area contributed by atoms with Crippen molar-refractivity contribution in [1.82, 2.24) is 19.9 Å². The largest absolute Gasteiger partial charge is 0.497 e. The molecule has 1 aromatic carbocycles. The topological polar surface area (TPSA) is 136 Å². The zero-order chi connectivity index (χ0) is 18.7. The molecule has 0 unspecified atom stereocenters. The molecule has 2 aromatic heterocycles. The van der Waals surface area contributed by atoms with E-state index in [0.29, 0.717) is 5.69 Å². The lowest BCUT2D eigenvalue weighted by atomic mass is 10.1. The van der Waals surface area contributed by atoms with E-state index >= 15 is 0 Å². The number of H-pyrrole nitrogens is 1. The highest BCUT2D eigenvalue weighted by atomic mass is 16.5. The first-order valence-corrected chi connectivity index (χ1v) is 7.93. The van der Waals surface area contributed by atoms with Crippen LogP contribution >= 0.6 is 0 Å². The Hall–Kier alpha value is -3.04. The monoisotopic (exact) mass is 357 g/mol. The molecule has 4 N–H and O–H groups in total. The summed E-state index contributed by atoms with van der Waals surface area (Å²) < 4.78 is 10.9. The minimum absolute atomic E-state index is 0.0540. The van der Waals surface area contributed by atoms with Gasteiger partial charge in [-0.2, -0.15) is 4.98 Å². The molecule has 0 saturated heterocycles. The number of aromatic amines is 1. The standard InChI is InChI=1S/C17H19N5O4/c1-9(23)14(26-8-10-3-5-11(25-2)6-4-10)12-7-19-13-15(20-12)21-17(18)22-16(13)24/h3-7,9,14,23H,8H2,1-2H3,(H3,18,20,21,22,24)/t9-,14-/m0/s1. The van der Waals surface area contributed by atoms with E-state index in [1.165, 1.54) is 6.20 Å². The van der Waals surface area contributed by atoms with Crippen molar-refractivity contribution in [2.75, 3.05) is 12.8 Å². The van der Waals surface area contributed by atoms with Crippen molar-refractivity contribution in [3.05, 3.63) is 52.1 Å². The number of benzene rings is 1. The van der Waals surface area contributed by atoms with Gasteiger partial charge in [0.25, 0.3) is 5.56 Å². The number of nitrogens with zero attached hydrogens (tertiary/aromatic N) is 3. The molecule has 0 aliphatic heterocycles. The van der Waals surface area contributed by atoms with E-state index in [-0.39, 0.29) is 23.7 Å². The molecule has 0 spiro atoms. The molecule has 3 aromatic rings. The molecule has 0 saturated carbocycles. The first-order valence-electron chi connectivity index (χ1n) is 7.93. The average molecular weight is 357 g/mol. The zero-order valence-electron chi connectivity index (χ0n) is 14.3. The summed E-state index contributed by atoms with van der Waals surface area (Å²) in [4.78, 5) is 26.5. The second kappa shape index (κ2) is 7.46. The number of ether oxygens (including phenoxy) is 2. The van der Waals surface area contributed by atoms with Gasteiger partial charge in [-0.1, -0.05) is 12.1 Å². The molecule has 0 bridgehead atoms. The fourth-order valence-electron chi connectivity index (χ4n) is 2.46. The molecule has 9 nitrogen and oxygen atoms in total. The Morgan fingerprint density at radius 1 is 1.27 bits per heavy atom. The van der Waals surface area contributed by atoms with Crippen LogP contribution in [0, 0.1) is 0 Å². The van der Waals surface area contributed by atoms with Gasteiger partial charge in [-0.25, -0.2) is 9.97 Å². The molecule has 0 radical (unpaired) electrons. The predicted octanol–water partition coefficient (Wildman–Crippen LogP) is 0.943. The summed E-state index contributed by atoms with van der Waals surface area (Å²) in [7, 11) is 1.60. The second-order valence-corrected chi connectivity index (χ2v) is 5.74. The quantitative estimate of drug-likeness (QED) is 0.593. The van der Waals surface area contributed by atoms with Crippen LogP contribution in [-0.2, 0) is 11.3 Å². The van der Waals surface area contributed by atoms with Crippen LogP contribution in [0.1, 0.15) is 24.3 Å². The molecular formula is C17H19N5O4. The summed E-state index contributed by atoms with van der Waals surface area (Å²) in [6.07, 6.45) is -0.198. The van der Waals surface area contributed by atoms with Crippen molar-refractivity contribution in [1.29, 1.82) is 0 Å². The number of aliphatic hydroxyl groups is 1. The third-order valence-electron chi connectivity index (χ3n) is 3.77. The van der Waals surface area contributed by atoms with Crippen LogP contribution in [0.5, 0.6) is 5.75 Å². The van der Waals surface area contributed by atoms with Crippen LogP contribution in [-0.4, -0.2) is 38.3 Å². The third kappa shape index (κ3) is 3.79. The molecule has 0 aliphatic rings. The zero-order valence-corrected chi connectivity index (χ0v) is 14.3. The number of aromatic nitrogens is 4. The molecule has 2 heterocycles. The Balaban J connectivity index is 1.85. The summed E-state index contributed by atoms with van der Waals surface area (Å²) in [6.45, 7) is 1.84. The fourth-order valence-corrected chi connectivity index (χ4v) is 2.46. The number of aliphatic hydroxyl groups excluding tert-OH is 1. The van der Waals surface area contributed by atoms with Gasteiger partial charge in [-0.05, 0) is 24.6 Å². The maximum atomic E-state index is 11.8. The van der Waals surface area contributed by atoms with Gasteiger partial charge in [-0.15, -0.1) is 0 Å². The Bertz CT molecular complexity index is 956. The maximum absolute atomic E-state index is 11.8. The van der Waals surface area contributed by atoms with E-state index in [4.69, 9.17) is 15.2 Å². The van der Waals surface area contributed by atoms with Gasteiger partial charge in [-0.3, -0.25) is 9.78 Å². The highest BCUT2D eigenvalue weighted by molar-refractivity contribution is 5.69. The Morgan fingerprint density at radius 3 is 2.65 bits per heavy atom. The lowest BCUT2D eigenvalue weighted by Crippen LogP contribution is -2.21.